The highest BCUT2D eigenvalue weighted by atomic mass is 35.5. The molecule has 0 saturated heterocycles. The molecule has 0 saturated carbocycles. The molecule has 31 heavy (non-hydrogen) atoms. The average Bonchev–Trinajstić information content (AvgIpc) is 2.84. The molecule has 0 bridgehead atoms. The molecule has 2 atom stereocenters. The zero-order chi connectivity index (χ0) is 21.9. The number of aliphatic carboxylic acids is 1. The fraction of sp³-hybridized carbons (Fsp3) is 0.591. The van der Waals surface area contributed by atoms with Crippen LogP contribution < -0.4 is 10.2 Å². The summed E-state index contributed by atoms with van der Waals surface area (Å²) >= 11 is 1.48. The van der Waals surface area contributed by atoms with Crippen molar-refractivity contribution in [2.75, 3.05) is 23.8 Å². The van der Waals surface area contributed by atoms with E-state index in [2.05, 4.69) is 12.2 Å². The van der Waals surface area contributed by atoms with Gasteiger partial charge in [-0.2, -0.15) is 0 Å². The molecule has 9 heteroatoms. The maximum atomic E-state index is 13.2. The lowest BCUT2D eigenvalue weighted by Crippen LogP contribution is -2.54. The molecular weight excluding hydrogens is 440 g/mol. The Morgan fingerprint density at radius 3 is 2.61 bits per heavy atom. The van der Waals surface area contributed by atoms with Crippen molar-refractivity contribution in [2.24, 2.45) is 0 Å². The minimum atomic E-state index is -1.08. The first-order valence-electron chi connectivity index (χ1n) is 10.7. The van der Waals surface area contributed by atoms with Crippen LogP contribution in [0.1, 0.15) is 52.4 Å². The second kappa shape index (κ2) is 14.3. The van der Waals surface area contributed by atoms with Crippen LogP contribution in [0.3, 0.4) is 0 Å². The van der Waals surface area contributed by atoms with Gasteiger partial charge in [0.1, 0.15) is 12.6 Å². The second-order valence-corrected chi connectivity index (χ2v) is 8.39. The Labute approximate surface area is 194 Å². The number of nitrogens with one attached hydrogen (secondary N) is 1. The predicted molar refractivity (Wildman–Crippen MR) is 125 cm³/mol. The van der Waals surface area contributed by atoms with Crippen LogP contribution in [-0.4, -0.2) is 53.9 Å². The summed E-state index contributed by atoms with van der Waals surface area (Å²) in [7, 11) is 0. The lowest BCUT2D eigenvalue weighted by Gasteiger charge is -2.27. The largest absolute Gasteiger partial charge is 0.480 e. The third kappa shape index (κ3) is 8.35. The number of fused-ring (bicyclic) bond motifs is 1. The van der Waals surface area contributed by atoms with Crippen LogP contribution in [0.2, 0.25) is 0 Å². The number of rotatable bonds is 12. The summed E-state index contributed by atoms with van der Waals surface area (Å²) in [5.41, 5.74) is 0.589. The number of para-hydroxylation sites is 1. The highest BCUT2D eigenvalue weighted by Gasteiger charge is 2.34. The van der Waals surface area contributed by atoms with Gasteiger partial charge < -0.3 is 9.84 Å². The Hall–Kier alpha value is -1.77. The molecule has 0 spiro atoms. The van der Waals surface area contributed by atoms with Gasteiger partial charge in [0.05, 0.1) is 18.3 Å². The Balaban J connectivity index is 0.00000480. The van der Waals surface area contributed by atoms with E-state index >= 15 is 0 Å². The number of anilines is 1. The molecule has 1 aliphatic heterocycles. The molecule has 0 aromatic heterocycles. The summed E-state index contributed by atoms with van der Waals surface area (Å²) in [6.45, 7) is 3.76. The highest BCUT2D eigenvalue weighted by molar-refractivity contribution is 7.99. The van der Waals surface area contributed by atoms with E-state index in [9.17, 15) is 19.5 Å². The summed E-state index contributed by atoms with van der Waals surface area (Å²) in [5, 5.41) is 12.5. The van der Waals surface area contributed by atoms with Gasteiger partial charge in [-0.05, 0) is 25.5 Å². The lowest BCUT2D eigenvalue weighted by atomic mass is 10.1. The number of ether oxygens (including phenoxy) is 1. The number of hydrogen-bond donors (Lipinski definition) is 2. The number of carbonyl (C=O) groups excluding carboxylic acids is 2. The molecule has 0 fully saturated rings. The zero-order valence-electron chi connectivity index (χ0n) is 18.2. The number of thioether (sulfide) groups is 1. The molecule has 1 heterocycles. The van der Waals surface area contributed by atoms with Crippen molar-refractivity contribution in [3.05, 3.63) is 24.3 Å². The van der Waals surface area contributed by atoms with Crippen LogP contribution in [0, 0.1) is 0 Å². The Bertz CT molecular complexity index is 734. The van der Waals surface area contributed by atoms with Gasteiger partial charge in [-0.3, -0.25) is 24.6 Å². The van der Waals surface area contributed by atoms with Crippen LogP contribution >= 0.6 is 24.2 Å². The fourth-order valence-corrected chi connectivity index (χ4v) is 4.56. The van der Waals surface area contributed by atoms with Gasteiger partial charge in [-0.15, -0.1) is 24.2 Å². The molecule has 0 radical (unpaired) electrons. The molecule has 7 nitrogen and oxygen atoms in total. The number of carboxylic acids is 1. The minimum Gasteiger partial charge on any atom is -0.480 e. The number of halogens is 1. The molecule has 174 valence electrons. The molecule has 1 aromatic rings. The number of amides is 1. The van der Waals surface area contributed by atoms with Crippen LogP contribution in [0.15, 0.2) is 29.2 Å². The van der Waals surface area contributed by atoms with Gasteiger partial charge in [0.25, 0.3) is 0 Å². The number of hydrogen-bond acceptors (Lipinski definition) is 6. The molecule has 1 amide bonds. The lowest BCUT2D eigenvalue weighted by molar-refractivity contribution is -0.146. The van der Waals surface area contributed by atoms with Gasteiger partial charge in [-0.1, -0.05) is 51.2 Å². The fourth-order valence-electron chi connectivity index (χ4n) is 3.48. The maximum absolute atomic E-state index is 13.2. The van der Waals surface area contributed by atoms with Crippen LogP contribution in [0.5, 0.6) is 0 Å². The summed E-state index contributed by atoms with van der Waals surface area (Å²) in [4.78, 5) is 39.2. The number of carbonyl (C=O) groups is 3. The summed E-state index contributed by atoms with van der Waals surface area (Å²) in [5.74, 6) is -1.37. The van der Waals surface area contributed by atoms with Crippen molar-refractivity contribution >= 4 is 47.7 Å². The molecule has 1 aliphatic rings. The third-order valence-electron chi connectivity index (χ3n) is 4.99. The van der Waals surface area contributed by atoms with Gasteiger partial charge in [0.2, 0.25) is 5.91 Å². The smallest absolute Gasteiger partial charge is 0.323 e. The summed E-state index contributed by atoms with van der Waals surface area (Å²) in [6, 6.07) is 6.01. The average molecular weight is 473 g/mol. The SMILES string of the molecule is CCCCCCCC(NC1CSc2ccccc2N(CC(=O)O)C1=O)C(=O)OCC.Cl. The Kier molecular flexibility index (Phi) is 12.6. The van der Waals surface area contributed by atoms with E-state index in [0.29, 0.717) is 17.9 Å². The van der Waals surface area contributed by atoms with E-state index < -0.39 is 24.6 Å². The number of carboxylic acid groups (broad SMARTS) is 1. The third-order valence-corrected chi connectivity index (χ3v) is 6.15. The van der Waals surface area contributed by atoms with Gasteiger partial charge in [-0.25, -0.2) is 0 Å². The maximum Gasteiger partial charge on any atom is 0.323 e. The number of unbranched alkanes of at least 4 members (excludes halogenated alkanes) is 4. The first kappa shape index (κ1) is 27.3. The topological polar surface area (TPSA) is 95.9 Å². The minimum absolute atomic E-state index is 0. The Morgan fingerprint density at radius 1 is 1.23 bits per heavy atom. The zero-order valence-corrected chi connectivity index (χ0v) is 19.8. The van der Waals surface area contributed by atoms with E-state index in [1.807, 2.05) is 12.1 Å². The quantitative estimate of drug-likeness (QED) is 0.352. The first-order valence-corrected chi connectivity index (χ1v) is 11.6. The number of esters is 1. The first-order chi connectivity index (χ1) is 14.5. The van der Waals surface area contributed by atoms with Gasteiger partial charge in [0, 0.05) is 10.6 Å². The van der Waals surface area contributed by atoms with E-state index in [0.717, 1.165) is 37.0 Å². The van der Waals surface area contributed by atoms with Crippen molar-refractivity contribution in [3.8, 4) is 0 Å². The number of benzene rings is 1. The predicted octanol–water partition coefficient (Wildman–Crippen LogP) is 3.88. The highest BCUT2D eigenvalue weighted by Crippen LogP contribution is 2.34. The van der Waals surface area contributed by atoms with E-state index in [1.54, 1.807) is 19.1 Å². The second-order valence-electron chi connectivity index (χ2n) is 7.32. The van der Waals surface area contributed by atoms with Crippen molar-refractivity contribution in [2.45, 2.75) is 69.4 Å². The normalized spacial score (nSPS) is 16.6. The van der Waals surface area contributed by atoms with Crippen molar-refractivity contribution in [3.63, 3.8) is 0 Å². The number of nitrogens with zero attached hydrogens (tertiary/aromatic N) is 1. The molecule has 2 unspecified atom stereocenters. The standard InChI is InChI=1S/C22H32N2O5S.ClH/c1-3-5-6-7-8-11-16(22(28)29-4-2)23-17-15-30-19-13-10-9-12-18(19)24(21(17)27)14-20(25)26;/h9-10,12-13,16-17,23H,3-8,11,14-15H2,1-2H3,(H,25,26);1H. The van der Waals surface area contributed by atoms with Crippen LogP contribution in [0.25, 0.3) is 0 Å². The van der Waals surface area contributed by atoms with Gasteiger partial charge >= 0.3 is 11.9 Å². The van der Waals surface area contributed by atoms with E-state index in [1.165, 1.54) is 16.7 Å². The van der Waals surface area contributed by atoms with Crippen LogP contribution in [-0.2, 0) is 19.1 Å². The van der Waals surface area contributed by atoms with E-state index in [-0.39, 0.29) is 30.9 Å². The molecule has 1 aromatic carbocycles. The molecule has 2 rings (SSSR count). The van der Waals surface area contributed by atoms with E-state index in [4.69, 9.17) is 4.74 Å². The summed E-state index contributed by atoms with van der Waals surface area (Å²) < 4.78 is 5.22. The van der Waals surface area contributed by atoms with Crippen LogP contribution in [0.4, 0.5) is 5.69 Å². The van der Waals surface area contributed by atoms with Crippen molar-refractivity contribution in [1.29, 1.82) is 0 Å². The molecule has 2 N–H and O–H groups in total. The molecular formula is C22H33ClN2O5S. The Morgan fingerprint density at radius 2 is 1.94 bits per heavy atom. The summed E-state index contributed by atoms with van der Waals surface area (Å²) in [6.07, 6.45) is 5.90. The molecule has 0 aliphatic carbocycles. The van der Waals surface area contributed by atoms with Crippen molar-refractivity contribution < 1.29 is 24.2 Å². The monoisotopic (exact) mass is 472 g/mol. The van der Waals surface area contributed by atoms with Gasteiger partial charge in [0.15, 0.2) is 0 Å². The van der Waals surface area contributed by atoms with Crippen molar-refractivity contribution in [1.82, 2.24) is 5.32 Å².